The monoisotopic (exact) mass is 342 g/mol. The minimum absolute atomic E-state index is 0.221. The number of ether oxygens (including phenoxy) is 2. The molecule has 0 heterocycles. The Morgan fingerprint density at radius 3 is 2.28 bits per heavy atom. The Morgan fingerprint density at radius 1 is 0.880 bits per heavy atom. The second-order valence-corrected chi connectivity index (χ2v) is 5.29. The summed E-state index contributed by atoms with van der Waals surface area (Å²) in [5, 5.41) is 0. The second-order valence-electron chi connectivity index (χ2n) is 5.29. The van der Waals surface area contributed by atoms with Crippen molar-refractivity contribution in [2.75, 3.05) is 13.2 Å². The molecule has 0 saturated carbocycles. The molecule has 2 N–H and O–H groups in total. The van der Waals surface area contributed by atoms with E-state index in [0.717, 1.165) is 12.2 Å². The van der Waals surface area contributed by atoms with Gasteiger partial charge >= 0.3 is 0 Å². The Morgan fingerprint density at radius 2 is 1.56 bits per heavy atom. The number of nitrogens with one attached hydrogen (secondary N) is 2. The van der Waals surface area contributed by atoms with E-state index in [4.69, 9.17) is 9.47 Å². The van der Waals surface area contributed by atoms with Crippen LogP contribution in [0.3, 0.4) is 0 Å². The van der Waals surface area contributed by atoms with Gasteiger partial charge in [0.05, 0.1) is 0 Å². The molecule has 6 nitrogen and oxygen atoms in total. The van der Waals surface area contributed by atoms with Crippen molar-refractivity contribution in [1.82, 2.24) is 10.9 Å². The molecule has 0 aromatic heterocycles. The standard InChI is InChI=1S/C19H22N2O4/c1-2-7-18(22)20-21-19(23)15-8-6-11-17(14-15)25-13-12-24-16-9-4-3-5-10-16/h3-6,8-11,14H,2,7,12-13H2,1H3,(H,20,22)(H,21,23). The first-order valence-corrected chi connectivity index (χ1v) is 8.19. The van der Waals surface area contributed by atoms with Gasteiger partial charge in [-0.05, 0) is 36.8 Å². The van der Waals surface area contributed by atoms with Crippen LogP contribution in [0.5, 0.6) is 11.5 Å². The average Bonchev–Trinajstić information content (AvgIpc) is 2.65. The first-order valence-electron chi connectivity index (χ1n) is 8.19. The lowest BCUT2D eigenvalue weighted by Crippen LogP contribution is -2.41. The minimum atomic E-state index is -0.393. The number of amides is 2. The Labute approximate surface area is 147 Å². The van der Waals surface area contributed by atoms with E-state index in [2.05, 4.69) is 10.9 Å². The number of hydrazine groups is 1. The first-order chi connectivity index (χ1) is 12.2. The van der Waals surface area contributed by atoms with E-state index in [-0.39, 0.29) is 5.91 Å². The first kappa shape index (κ1) is 18.3. The fourth-order valence-corrected chi connectivity index (χ4v) is 2.05. The number of para-hydroxylation sites is 1. The van der Waals surface area contributed by atoms with Crippen molar-refractivity contribution in [2.24, 2.45) is 0 Å². The molecule has 2 aromatic carbocycles. The SMILES string of the molecule is CCCC(=O)NNC(=O)c1cccc(OCCOc2ccccc2)c1. The molecular weight excluding hydrogens is 320 g/mol. The van der Waals surface area contributed by atoms with Gasteiger partial charge < -0.3 is 9.47 Å². The molecule has 0 aliphatic heterocycles. The van der Waals surface area contributed by atoms with E-state index in [0.29, 0.717) is 30.9 Å². The molecule has 132 valence electrons. The Kier molecular flexibility index (Phi) is 7.31. The zero-order valence-corrected chi connectivity index (χ0v) is 14.2. The average molecular weight is 342 g/mol. The molecule has 0 aliphatic rings. The zero-order chi connectivity index (χ0) is 17.9. The molecular formula is C19H22N2O4. The van der Waals surface area contributed by atoms with Crippen molar-refractivity contribution in [3.05, 3.63) is 60.2 Å². The van der Waals surface area contributed by atoms with E-state index in [1.165, 1.54) is 0 Å². The van der Waals surface area contributed by atoms with Gasteiger partial charge in [-0.2, -0.15) is 0 Å². The van der Waals surface area contributed by atoms with Crippen LogP contribution in [-0.2, 0) is 4.79 Å². The minimum Gasteiger partial charge on any atom is -0.490 e. The number of carbonyl (C=O) groups is 2. The van der Waals surface area contributed by atoms with Gasteiger partial charge in [0.25, 0.3) is 5.91 Å². The summed E-state index contributed by atoms with van der Waals surface area (Å²) in [7, 11) is 0. The highest BCUT2D eigenvalue weighted by Gasteiger charge is 2.08. The fourth-order valence-electron chi connectivity index (χ4n) is 2.05. The van der Waals surface area contributed by atoms with Crippen LogP contribution in [0, 0.1) is 0 Å². The Balaban J connectivity index is 1.78. The van der Waals surface area contributed by atoms with Gasteiger partial charge in [0.1, 0.15) is 24.7 Å². The van der Waals surface area contributed by atoms with Crippen LogP contribution in [-0.4, -0.2) is 25.0 Å². The van der Waals surface area contributed by atoms with Gasteiger partial charge in [-0.15, -0.1) is 0 Å². The smallest absolute Gasteiger partial charge is 0.269 e. The second kappa shape index (κ2) is 9.97. The normalized spacial score (nSPS) is 9.96. The molecule has 6 heteroatoms. The summed E-state index contributed by atoms with van der Waals surface area (Å²) in [4.78, 5) is 23.4. The number of hydrogen-bond donors (Lipinski definition) is 2. The van der Waals surface area contributed by atoms with Crippen molar-refractivity contribution < 1.29 is 19.1 Å². The number of hydrogen-bond acceptors (Lipinski definition) is 4. The van der Waals surface area contributed by atoms with Crippen LogP contribution in [0.15, 0.2) is 54.6 Å². The van der Waals surface area contributed by atoms with Gasteiger partial charge in [0.2, 0.25) is 5.91 Å². The molecule has 0 saturated heterocycles. The third kappa shape index (κ3) is 6.55. The summed E-state index contributed by atoms with van der Waals surface area (Å²) in [6, 6.07) is 16.2. The van der Waals surface area contributed by atoms with Crippen LogP contribution in [0.1, 0.15) is 30.1 Å². The predicted molar refractivity (Wildman–Crippen MR) is 94.4 cm³/mol. The maximum atomic E-state index is 12.0. The molecule has 0 aliphatic carbocycles. The van der Waals surface area contributed by atoms with Crippen molar-refractivity contribution >= 4 is 11.8 Å². The van der Waals surface area contributed by atoms with Crippen molar-refractivity contribution in [1.29, 1.82) is 0 Å². The topological polar surface area (TPSA) is 76.7 Å². The summed E-state index contributed by atoms with van der Waals surface area (Å²) in [5.41, 5.74) is 5.15. The van der Waals surface area contributed by atoms with Gasteiger partial charge in [0, 0.05) is 12.0 Å². The highest BCUT2D eigenvalue weighted by Crippen LogP contribution is 2.13. The van der Waals surface area contributed by atoms with Crippen LogP contribution in [0.25, 0.3) is 0 Å². The van der Waals surface area contributed by atoms with Crippen molar-refractivity contribution in [2.45, 2.75) is 19.8 Å². The third-order valence-corrected chi connectivity index (χ3v) is 3.25. The molecule has 2 amide bonds. The van der Waals surface area contributed by atoms with E-state index >= 15 is 0 Å². The maximum Gasteiger partial charge on any atom is 0.269 e. The van der Waals surface area contributed by atoms with Gasteiger partial charge in [-0.25, -0.2) is 0 Å². The molecule has 2 rings (SSSR count). The Bertz CT molecular complexity index is 689. The van der Waals surface area contributed by atoms with E-state index in [9.17, 15) is 9.59 Å². The largest absolute Gasteiger partial charge is 0.490 e. The van der Waals surface area contributed by atoms with Gasteiger partial charge in [-0.3, -0.25) is 20.4 Å². The van der Waals surface area contributed by atoms with E-state index in [1.54, 1.807) is 24.3 Å². The molecule has 0 unspecified atom stereocenters. The fraction of sp³-hybridized carbons (Fsp3) is 0.263. The summed E-state index contributed by atoms with van der Waals surface area (Å²) in [5.74, 6) is 0.725. The quantitative estimate of drug-likeness (QED) is 0.571. The lowest BCUT2D eigenvalue weighted by atomic mass is 10.2. The number of benzene rings is 2. The van der Waals surface area contributed by atoms with Crippen molar-refractivity contribution in [3.8, 4) is 11.5 Å². The molecule has 25 heavy (non-hydrogen) atoms. The highest BCUT2D eigenvalue weighted by molar-refractivity contribution is 5.95. The van der Waals surface area contributed by atoms with Crippen LogP contribution in [0.2, 0.25) is 0 Å². The van der Waals surface area contributed by atoms with Crippen LogP contribution < -0.4 is 20.3 Å². The lowest BCUT2D eigenvalue weighted by Gasteiger charge is -2.10. The zero-order valence-electron chi connectivity index (χ0n) is 14.2. The molecule has 0 atom stereocenters. The maximum absolute atomic E-state index is 12.0. The van der Waals surface area contributed by atoms with Crippen molar-refractivity contribution in [3.63, 3.8) is 0 Å². The molecule has 2 aromatic rings. The molecule has 0 radical (unpaired) electrons. The summed E-state index contributed by atoms with van der Waals surface area (Å²) in [6.45, 7) is 2.64. The number of carbonyl (C=O) groups excluding carboxylic acids is 2. The highest BCUT2D eigenvalue weighted by atomic mass is 16.5. The van der Waals surface area contributed by atoms with E-state index < -0.39 is 5.91 Å². The van der Waals surface area contributed by atoms with Gasteiger partial charge in [-0.1, -0.05) is 31.2 Å². The predicted octanol–water partition coefficient (Wildman–Crippen LogP) is 2.71. The summed E-state index contributed by atoms with van der Waals surface area (Å²) >= 11 is 0. The van der Waals surface area contributed by atoms with Crippen LogP contribution in [0.4, 0.5) is 0 Å². The molecule has 0 fully saturated rings. The lowest BCUT2D eigenvalue weighted by molar-refractivity contribution is -0.121. The summed E-state index contributed by atoms with van der Waals surface area (Å²) < 4.78 is 11.1. The van der Waals surface area contributed by atoms with Crippen LogP contribution >= 0.6 is 0 Å². The van der Waals surface area contributed by atoms with E-state index in [1.807, 2.05) is 37.3 Å². The summed E-state index contributed by atoms with van der Waals surface area (Å²) in [6.07, 6.45) is 1.08. The Hall–Kier alpha value is -3.02. The number of rotatable bonds is 8. The molecule has 0 spiro atoms. The van der Waals surface area contributed by atoms with Gasteiger partial charge in [0.15, 0.2) is 0 Å². The molecule has 0 bridgehead atoms. The third-order valence-electron chi connectivity index (χ3n) is 3.25.